The van der Waals surface area contributed by atoms with E-state index >= 15 is 0 Å². The molecule has 0 saturated heterocycles. The topological polar surface area (TPSA) is 40.6 Å². The van der Waals surface area contributed by atoms with Gasteiger partial charge in [-0.05, 0) is 56.0 Å². The SMILES string of the molecule is CCCN1C(=O)C(c2ccc(C)c(C)c2)=C(N(CC)c2ccccc2)C1=O. The maximum absolute atomic E-state index is 13.2. The standard InChI is InChI=1S/C23H26N2O2/c1-5-14-25-22(26)20(18-13-12-16(3)17(4)15-18)21(23(25)27)24(6-2)19-10-8-7-9-11-19/h7-13,15H,5-6,14H2,1-4H3. The van der Waals surface area contributed by atoms with E-state index in [4.69, 9.17) is 0 Å². The molecule has 0 unspecified atom stereocenters. The Morgan fingerprint density at radius 2 is 1.59 bits per heavy atom. The fraction of sp³-hybridized carbons (Fsp3) is 0.304. The number of benzene rings is 2. The highest BCUT2D eigenvalue weighted by molar-refractivity contribution is 6.36. The number of anilines is 1. The quantitative estimate of drug-likeness (QED) is 0.719. The van der Waals surface area contributed by atoms with Gasteiger partial charge >= 0.3 is 0 Å². The van der Waals surface area contributed by atoms with E-state index < -0.39 is 0 Å². The van der Waals surface area contributed by atoms with Crippen molar-refractivity contribution in [1.29, 1.82) is 0 Å². The third-order valence-corrected chi connectivity index (χ3v) is 5.04. The molecule has 0 aromatic heterocycles. The predicted octanol–water partition coefficient (Wildman–Crippen LogP) is 4.32. The zero-order chi connectivity index (χ0) is 19.6. The van der Waals surface area contributed by atoms with E-state index in [1.54, 1.807) is 0 Å². The minimum absolute atomic E-state index is 0.200. The summed E-state index contributed by atoms with van der Waals surface area (Å²) >= 11 is 0. The van der Waals surface area contributed by atoms with Crippen LogP contribution in [0.1, 0.15) is 37.0 Å². The van der Waals surface area contributed by atoms with Crippen LogP contribution in [0.15, 0.2) is 54.2 Å². The number of imide groups is 1. The number of aryl methyl sites for hydroxylation is 2. The number of carbonyl (C=O) groups excluding carboxylic acids is 2. The Morgan fingerprint density at radius 1 is 0.889 bits per heavy atom. The van der Waals surface area contributed by atoms with Gasteiger partial charge in [0, 0.05) is 18.8 Å². The normalized spacial score (nSPS) is 14.3. The number of para-hydroxylation sites is 1. The molecular formula is C23H26N2O2. The highest BCUT2D eigenvalue weighted by Crippen LogP contribution is 2.34. The summed E-state index contributed by atoms with van der Waals surface area (Å²) in [5.41, 5.74) is 4.97. The molecule has 1 aliphatic rings. The van der Waals surface area contributed by atoms with E-state index in [2.05, 4.69) is 0 Å². The van der Waals surface area contributed by atoms with Crippen molar-refractivity contribution >= 4 is 23.1 Å². The van der Waals surface area contributed by atoms with Gasteiger partial charge in [-0.15, -0.1) is 0 Å². The van der Waals surface area contributed by atoms with E-state index in [1.807, 2.05) is 81.1 Å². The number of likely N-dealkylation sites (N-methyl/N-ethyl adjacent to an activating group) is 1. The molecule has 27 heavy (non-hydrogen) atoms. The summed E-state index contributed by atoms with van der Waals surface area (Å²) in [6, 6.07) is 15.7. The number of hydrogen-bond acceptors (Lipinski definition) is 3. The Kier molecular flexibility index (Phi) is 5.45. The van der Waals surface area contributed by atoms with Gasteiger partial charge in [-0.2, -0.15) is 0 Å². The van der Waals surface area contributed by atoms with E-state index in [1.165, 1.54) is 10.5 Å². The molecular weight excluding hydrogens is 336 g/mol. The summed E-state index contributed by atoms with van der Waals surface area (Å²) in [5, 5.41) is 0. The minimum Gasteiger partial charge on any atom is -0.337 e. The Balaban J connectivity index is 2.21. The molecule has 3 rings (SSSR count). The van der Waals surface area contributed by atoms with Crippen LogP contribution in [0.25, 0.3) is 5.57 Å². The summed E-state index contributed by atoms with van der Waals surface area (Å²) in [6.07, 6.45) is 0.739. The van der Waals surface area contributed by atoms with Crippen LogP contribution < -0.4 is 4.90 Å². The summed E-state index contributed by atoms with van der Waals surface area (Å²) < 4.78 is 0. The van der Waals surface area contributed by atoms with Crippen molar-refractivity contribution in [2.75, 3.05) is 18.0 Å². The number of carbonyl (C=O) groups is 2. The number of amides is 2. The van der Waals surface area contributed by atoms with E-state index in [-0.39, 0.29) is 11.8 Å². The van der Waals surface area contributed by atoms with Gasteiger partial charge in [0.2, 0.25) is 0 Å². The first-order valence-electron chi connectivity index (χ1n) is 9.50. The van der Waals surface area contributed by atoms with Crippen molar-refractivity contribution in [2.24, 2.45) is 0 Å². The van der Waals surface area contributed by atoms with Crippen molar-refractivity contribution in [2.45, 2.75) is 34.1 Å². The Labute approximate surface area is 161 Å². The van der Waals surface area contributed by atoms with Crippen molar-refractivity contribution in [1.82, 2.24) is 4.90 Å². The Bertz CT molecular complexity index is 900. The van der Waals surface area contributed by atoms with Crippen LogP contribution in [-0.4, -0.2) is 29.8 Å². The molecule has 0 fully saturated rings. The maximum atomic E-state index is 13.2. The predicted molar refractivity (Wildman–Crippen MR) is 109 cm³/mol. The highest BCUT2D eigenvalue weighted by atomic mass is 16.2. The zero-order valence-corrected chi connectivity index (χ0v) is 16.5. The minimum atomic E-state index is -0.208. The van der Waals surface area contributed by atoms with Gasteiger partial charge < -0.3 is 4.90 Å². The Morgan fingerprint density at radius 3 is 2.19 bits per heavy atom. The van der Waals surface area contributed by atoms with E-state index in [0.29, 0.717) is 24.4 Å². The maximum Gasteiger partial charge on any atom is 0.278 e. The third kappa shape index (κ3) is 3.39. The average molecular weight is 362 g/mol. The van der Waals surface area contributed by atoms with Crippen LogP contribution in [0.3, 0.4) is 0 Å². The van der Waals surface area contributed by atoms with Crippen LogP contribution in [0.5, 0.6) is 0 Å². The van der Waals surface area contributed by atoms with Crippen molar-refractivity contribution < 1.29 is 9.59 Å². The first-order chi connectivity index (χ1) is 13.0. The third-order valence-electron chi connectivity index (χ3n) is 5.04. The van der Waals surface area contributed by atoms with Gasteiger partial charge in [0.05, 0.1) is 5.57 Å². The second-order valence-electron chi connectivity index (χ2n) is 6.86. The molecule has 2 aromatic carbocycles. The first kappa shape index (κ1) is 18.9. The zero-order valence-electron chi connectivity index (χ0n) is 16.5. The van der Waals surface area contributed by atoms with Crippen LogP contribution in [0.2, 0.25) is 0 Å². The summed E-state index contributed by atoms with van der Waals surface area (Å²) in [5.74, 6) is -0.407. The van der Waals surface area contributed by atoms with Gasteiger partial charge in [0.15, 0.2) is 0 Å². The van der Waals surface area contributed by atoms with Gasteiger partial charge in [-0.3, -0.25) is 14.5 Å². The smallest absolute Gasteiger partial charge is 0.278 e. The van der Waals surface area contributed by atoms with Crippen LogP contribution in [-0.2, 0) is 9.59 Å². The average Bonchev–Trinajstić information content (AvgIpc) is 2.91. The van der Waals surface area contributed by atoms with E-state index in [9.17, 15) is 9.59 Å². The fourth-order valence-electron chi connectivity index (χ4n) is 3.48. The molecule has 0 aliphatic carbocycles. The largest absolute Gasteiger partial charge is 0.337 e. The summed E-state index contributed by atoms with van der Waals surface area (Å²) in [7, 11) is 0. The molecule has 1 heterocycles. The number of rotatable bonds is 6. The lowest BCUT2D eigenvalue weighted by molar-refractivity contribution is -0.136. The molecule has 4 nitrogen and oxygen atoms in total. The molecule has 140 valence electrons. The highest BCUT2D eigenvalue weighted by Gasteiger charge is 2.41. The lowest BCUT2D eigenvalue weighted by atomic mass is 9.99. The molecule has 0 bridgehead atoms. The molecule has 0 N–H and O–H groups in total. The second kappa shape index (κ2) is 7.78. The fourth-order valence-corrected chi connectivity index (χ4v) is 3.48. The second-order valence-corrected chi connectivity index (χ2v) is 6.86. The Hall–Kier alpha value is -2.88. The van der Waals surface area contributed by atoms with Crippen molar-refractivity contribution in [3.63, 3.8) is 0 Å². The lowest BCUT2D eigenvalue weighted by Gasteiger charge is -2.24. The summed E-state index contributed by atoms with van der Waals surface area (Å²) in [4.78, 5) is 29.7. The van der Waals surface area contributed by atoms with Crippen molar-refractivity contribution in [3.8, 4) is 0 Å². The number of hydrogen-bond donors (Lipinski definition) is 0. The molecule has 0 radical (unpaired) electrons. The van der Waals surface area contributed by atoms with Crippen LogP contribution in [0, 0.1) is 13.8 Å². The van der Waals surface area contributed by atoms with Gasteiger partial charge in [0.25, 0.3) is 11.8 Å². The lowest BCUT2D eigenvalue weighted by Crippen LogP contribution is -2.35. The summed E-state index contributed by atoms with van der Waals surface area (Å²) in [6.45, 7) is 9.08. The van der Waals surface area contributed by atoms with E-state index in [0.717, 1.165) is 23.2 Å². The van der Waals surface area contributed by atoms with Gasteiger partial charge in [-0.1, -0.05) is 43.3 Å². The van der Waals surface area contributed by atoms with Crippen LogP contribution >= 0.6 is 0 Å². The van der Waals surface area contributed by atoms with Crippen LogP contribution in [0.4, 0.5) is 5.69 Å². The van der Waals surface area contributed by atoms with Gasteiger partial charge in [0.1, 0.15) is 5.70 Å². The molecule has 4 heteroatoms. The molecule has 0 spiro atoms. The van der Waals surface area contributed by atoms with Crippen molar-refractivity contribution in [3.05, 3.63) is 70.9 Å². The molecule has 2 aromatic rings. The first-order valence-corrected chi connectivity index (χ1v) is 9.50. The molecule has 0 atom stereocenters. The van der Waals surface area contributed by atoms with Gasteiger partial charge in [-0.25, -0.2) is 0 Å². The molecule has 2 amide bonds. The monoisotopic (exact) mass is 362 g/mol. The number of nitrogens with zero attached hydrogens (tertiary/aromatic N) is 2. The molecule has 0 saturated carbocycles. The molecule has 1 aliphatic heterocycles.